The lowest BCUT2D eigenvalue weighted by molar-refractivity contribution is 0.214. The van der Waals surface area contributed by atoms with E-state index in [0.717, 1.165) is 32.1 Å². The van der Waals surface area contributed by atoms with Crippen molar-refractivity contribution in [3.05, 3.63) is 17.5 Å². The Morgan fingerprint density at radius 1 is 1.44 bits per heavy atom. The topological polar surface area (TPSA) is 48.7 Å². The molecule has 1 N–H and O–H groups in total. The first-order valence-electron chi connectivity index (χ1n) is 9.61. The zero-order valence-corrected chi connectivity index (χ0v) is 16.9. The highest BCUT2D eigenvalue weighted by molar-refractivity contribution is 5.79. The smallest absolute Gasteiger partial charge is 0.193 e. The third-order valence-corrected chi connectivity index (χ3v) is 4.81. The molecule has 1 fully saturated rings. The van der Waals surface area contributed by atoms with E-state index in [4.69, 9.17) is 4.99 Å². The van der Waals surface area contributed by atoms with E-state index in [2.05, 4.69) is 61.3 Å². The van der Waals surface area contributed by atoms with Crippen molar-refractivity contribution in [1.82, 2.24) is 24.9 Å². The number of rotatable bonds is 6. The molecule has 1 aromatic heterocycles. The van der Waals surface area contributed by atoms with Crippen LogP contribution >= 0.6 is 0 Å². The number of guanidine groups is 1. The first-order chi connectivity index (χ1) is 11.9. The molecule has 0 amide bonds. The van der Waals surface area contributed by atoms with Gasteiger partial charge < -0.3 is 15.1 Å². The van der Waals surface area contributed by atoms with Gasteiger partial charge in [-0.3, -0.25) is 9.67 Å². The molecule has 0 aromatic carbocycles. The minimum absolute atomic E-state index is 0.432. The van der Waals surface area contributed by atoms with Gasteiger partial charge in [0.2, 0.25) is 0 Å². The summed E-state index contributed by atoms with van der Waals surface area (Å²) in [5.74, 6) is 2.10. The van der Waals surface area contributed by atoms with Crippen LogP contribution in [-0.4, -0.2) is 65.8 Å². The van der Waals surface area contributed by atoms with Gasteiger partial charge in [0.1, 0.15) is 0 Å². The highest BCUT2D eigenvalue weighted by Gasteiger charge is 2.18. The second-order valence-electron chi connectivity index (χ2n) is 7.69. The summed E-state index contributed by atoms with van der Waals surface area (Å²) in [6.07, 6.45) is 4.71. The van der Waals surface area contributed by atoms with Crippen LogP contribution in [0.5, 0.6) is 0 Å². The van der Waals surface area contributed by atoms with E-state index in [1.54, 1.807) is 0 Å². The third kappa shape index (κ3) is 5.73. The predicted octanol–water partition coefficient (Wildman–Crippen LogP) is 2.28. The van der Waals surface area contributed by atoms with Gasteiger partial charge in [0.25, 0.3) is 0 Å². The summed E-state index contributed by atoms with van der Waals surface area (Å²) in [7, 11) is 6.32. The summed E-state index contributed by atoms with van der Waals surface area (Å²) < 4.78 is 1.92. The molecule has 6 nitrogen and oxygen atoms in total. The van der Waals surface area contributed by atoms with Gasteiger partial charge >= 0.3 is 0 Å². The summed E-state index contributed by atoms with van der Waals surface area (Å²) in [6.45, 7) is 11.5. The molecule has 0 bridgehead atoms. The first-order valence-corrected chi connectivity index (χ1v) is 9.61. The molecule has 1 aliphatic heterocycles. The number of aromatic nitrogens is 2. The van der Waals surface area contributed by atoms with Crippen molar-refractivity contribution in [2.24, 2.45) is 18.0 Å². The van der Waals surface area contributed by atoms with Crippen molar-refractivity contribution >= 4 is 5.96 Å². The maximum atomic E-state index is 4.93. The van der Waals surface area contributed by atoms with Gasteiger partial charge in [-0.05, 0) is 45.2 Å². The Morgan fingerprint density at radius 3 is 2.84 bits per heavy atom. The van der Waals surface area contributed by atoms with Crippen molar-refractivity contribution in [2.45, 2.75) is 46.1 Å². The molecule has 0 aliphatic carbocycles. The molecule has 1 aromatic rings. The Bertz CT molecular complexity index is 562. The number of piperidine rings is 1. The summed E-state index contributed by atoms with van der Waals surface area (Å²) in [5, 5.41) is 8.06. The molecule has 2 heterocycles. The number of hydrogen-bond donors (Lipinski definition) is 1. The van der Waals surface area contributed by atoms with Crippen molar-refractivity contribution in [1.29, 1.82) is 0 Å². The molecule has 1 aliphatic rings. The van der Waals surface area contributed by atoms with Crippen LogP contribution in [0.3, 0.4) is 0 Å². The molecule has 2 rings (SSSR count). The van der Waals surface area contributed by atoms with Crippen molar-refractivity contribution in [2.75, 3.05) is 40.3 Å². The van der Waals surface area contributed by atoms with Crippen molar-refractivity contribution in [3.8, 4) is 0 Å². The average molecular weight is 349 g/mol. The minimum Gasteiger partial charge on any atom is -0.357 e. The molecule has 0 radical (unpaired) electrons. The monoisotopic (exact) mass is 348 g/mol. The third-order valence-electron chi connectivity index (χ3n) is 4.81. The Labute approximate surface area is 153 Å². The van der Waals surface area contributed by atoms with Crippen LogP contribution in [0.25, 0.3) is 0 Å². The Kier molecular flexibility index (Phi) is 7.29. The van der Waals surface area contributed by atoms with Crippen LogP contribution in [-0.2, 0) is 13.6 Å². The van der Waals surface area contributed by atoms with Gasteiger partial charge in [-0.2, -0.15) is 5.10 Å². The number of nitrogens with zero attached hydrogens (tertiary/aromatic N) is 5. The van der Waals surface area contributed by atoms with E-state index in [1.165, 1.54) is 30.6 Å². The summed E-state index contributed by atoms with van der Waals surface area (Å²) in [6, 6.07) is 0. The first kappa shape index (κ1) is 19.8. The van der Waals surface area contributed by atoms with Crippen LogP contribution in [0.15, 0.2) is 11.2 Å². The number of hydrogen-bond acceptors (Lipinski definition) is 3. The fourth-order valence-corrected chi connectivity index (χ4v) is 3.60. The van der Waals surface area contributed by atoms with E-state index in [-0.39, 0.29) is 0 Å². The summed E-state index contributed by atoms with van der Waals surface area (Å²) >= 11 is 0. The van der Waals surface area contributed by atoms with Crippen LogP contribution < -0.4 is 5.32 Å². The molecule has 6 heteroatoms. The molecular formula is C19H36N6. The molecule has 0 saturated carbocycles. The fourth-order valence-electron chi connectivity index (χ4n) is 3.60. The van der Waals surface area contributed by atoms with E-state index in [9.17, 15) is 0 Å². The molecule has 142 valence electrons. The van der Waals surface area contributed by atoms with Crippen LogP contribution in [0, 0.1) is 5.92 Å². The van der Waals surface area contributed by atoms with Gasteiger partial charge in [0, 0.05) is 52.0 Å². The zero-order chi connectivity index (χ0) is 18.4. The predicted molar refractivity (Wildman–Crippen MR) is 105 cm³/mol. The average Bonchev–Trinajstić information content (AvgIpc) is 2.92. The Balaban J connectivity index is 2.04. The van der Waals surface area contributed by atoms with E-state index in [0.29, 0.717) is 11.8 Å². The Morgan fingerprint density at radius 2 is 2.20 bits per heavy atom. The molecular weight excluding hydrogens is 312 g/mol. The van der Waals surface area contributed by atoms with Gasteiger partial charge in [0.15, 0.2) is 5.96 Å². The van der Waals surface area contributed by atoms with E-state index in [1.807, 2.05) is 11.7 Å². The highest BCUT2D eigenvalue weighted by atomic mass is 15.3. The van der Waals surface area contributed by atoms with E-state index >= 15 is 0 Å². The normalized spacial score (nSPS) is 19.5. The fraction of sp³-hybridized carbons (Fsp3) is 0.789. The van der Waals surface area contributed by atoms with Crippen LogP contribution in [0.4, 0.5) is 0 Å². The van der Waals surface area contributed by atoms with Gasteiger partial charge in [-0.15, -0.1) is 0 Å². The Hall–Kier alpha value is -1.56. The molecule has 1 saturated heterocycles. The standard InChI is InChI=1S/C19H36N6/c1-7-20-19(21-11-16-9-8-10-23(4)12-16)24(5)13-17-14-25(6)22-18(17)15(2)3/h14-16H,7-13H2,1-6H3,(H,20,21). The quantitative estimate of drug-likeness (QED) is 0.633. The molecule has 1 atom stereocenters. The van der Waals surface area contributed by atoms with Crippen molar-refractivity contribution in [3.63, 3.8) is 0 Å². The van der Waals surface area contributed by atoms with Gasteiger partial charge in [0.05, 0.1) is 5.69 Å². The SMILES string of the molecule is CCNC(=NCC1CCCN(C)C1)N(C)Cc1cn(C)nc1C(C)C. The van der Waals surface area contributed by atoms with Crippen LogP contribution in [0.1, 0.15) is 50.8 Å². The number of aryl methyl sites for hydroxylation is 1. The maximum Gasteiger partial charge on any atom is 0.193 e. The lowest BCUT2D eigenvalue weighted by atomic mass is 9.99. The lowest BCUT2D eigenvalue weighted by Crippen LogP contribution is -2.40. The number of aliphatic imine (C=N–C) groups is 1. The minimum atomic E-state index is 0.432. The largest absolute Gasteiger partial charge is 0.357 e. The summed E-state index contributed by atoms with van der Waals surface area (Å²) in [5.41, 5.74) is 2.46. The van der Waals surface area contributed by atoms with Gasteiger partial charge in [-0.1, -0.05) is 13.8 Å². The van der Waals surface area contributed by atoms with Crippen LogP contribution in [0.2, 0.25) is 0 Å². The second-order valence-corrected chi connectivity index (χ2v) is 7.69. The molecule has 1 unspecified atom stereocenters. The highest BCUT2D eigenvalue weighted by Crippen LogP contribution is 2.19. The van der Waals surface area contributed by atoms with Crippen molar-refractivity contribution < 1.29 is 0 Å². The number of likely N-dealkylation sites (tertiary alicyclic amines) is 1. The molecule has 25 heavy (non-hydrogen) atoms. The summed E-state index contributed by atoms with van der Waals surface area (Å²) in [4.78, 5) is 9.57. The lowest BCUT2D eigenvalue weighted by Gasteiger charge is -2.29. The van der Waals surface area contributed by atoms with E-state index < -0.39 is 0 Å². The zero-order valence-electron chi connectivity index (χ0n) is 16.9. The number of nitrogens with one attached hydrogen (secondary N) is 1. The molecule has 0 spiro atoms. The van der Waals surface area contributed by atoms with Gasteiger partial charge in [-0.25, -0.2) is 0 Å². The second kappa shape index (κ2) is 9.22. The maximum absolute atomic E-state index is 4.93.